The van der Waals surface area contributed by atoms with Crippen LogP contribution in [0.3, 0.4) is 0 Å². The van der Waals surface area contributed by atoms with Crippen molar-refractivity contribution in [2.45, 2.75) is 6.04 Å². The number of carbonyl (C=O) groups is 2. The number of halogens is 2. The van der Waals surface area contributed by atoms with Gasteiger partial charge in [-0.15, -0.1) is 21.5 Å². The van der Waals surface area contributed by atoms with Crippen molar-refractivity contribution in [1.29, 1.82) is 0 Å². The third kappa shape index (κ3) is 3.04. The van der Waals surface area contributed by atoms with Crippen LogP contribution in [0, 0.1) is 0 Å². The molecule has 136 valence electrons. The number of nitrogens with zero attached hydrogens (tertiary/aromatic N) is 3. The summed E-state index contributed by atoms with van der Waals surface area (Å²) in [6.07, 6.45) is 0. The molecule has 1 atom stereocenters. The van der Waals surface area contributed by atoms with E-state index in [1.807, 2.05) is 0 Å². The normalized spacial score (nSPS) is 17.0. The first-order valence-electron chi connectivity index (χ1n) is 7.55. The molecule has 0 radical (unpaired) electrons. The number of rotatable bonds is 4. The van der Waals surface area contributed by atoms with Crippen molar-refractivity contribution < 1.29 is 14.7 Å². The van der Waals surface area contributed by atoms with Crippen molar-refractivity contribution in [3.8, 4) is 0 Å². The number of amides is 1. The Morgan fingerprint density at radius 2 is 2.04 bits per heavy atom. The molecule has 27 heavy (non-hydrogen) atoms. The number of thiophene rings is 1. The summed E-state index contributed by atoms with van der Waals surface area (Å²) in [5.74, 6) is -1.80. The number of aromatic nitrogens is 2. The molecule has 2 aromatic heterocycles. The van der Waals surface area contributed by atoms with E-state index in [0.717, 1.165) is 11.3 Å². The number of ketones is 1. The van der Waals surface area contributed by atoms with Gasteiger partial charge in [0.25, 0.3) is 5.91 Å². The molecule has 0 aliphatic carbocycles. The zero-order valence-electron chi connectivity index (χ0n) is 13.3. The van der Waals surface area contributed by atoms with E-state index in [4.69, 9.17) is 23.2 Å². The Morgan fingerprint density at radius 3 is 2.67 bits per heavy atom. The predicted octanol–water partition coefficient (Wildman–Crippen LogP) is 4.69. The number of Topliss-reactive ketones (excluding diaryl/α,β-unsaturated/α-hetero) is 1. The smallest absolute Gasteiger partial charge is 0.296 e. The highest BCUT2D eigenvalue weighted by Crippen LogP contribution is 2.44. The van der Waals surface area contributed by atoms with E-state index >= 15 is 0 Å². The maximum atomic E-state index is 13.1. The average Bonchev–Trinajstić information content (AvgIpc) is 3.37. The summed E-state index contributed by atoms with van der Waals surface area (Å²) in [5, 5.41) is 20.9. The van der Waals surface area contributed by atoms with Crippen LogP contribution in [0.15, 0.2) is 52.6 Å². The summed E-state index contributed by atoms with van der Waals surface area (Å²) >= 11 is 14.7. The van der Waals surface area contributed by atoms with Crippen LogP contribution in [-0.2, 0) is 4.79 Å². The number of aliphatic hydroxyl groups excluding tert-OH is 1. The van der Waals surface area contributed by atoms with Crippen molar-refractivity contribution in [3.63, 3.8) is 0 Å². The molecular formula is C17H9Cl2N3O3S2. The molecule has 1 amide bonds. The molecule has 0 fully saturated rings. The Hall–Kier alpha value is -2.26. The molecule has 1 aliphatic heterocycles. The number of hydrogen-bond acceptors (Lipinski definition) is 7. The van der Waals surface area contributed by atoms with Crippen LogP contribution in [0.4, 0.5) is 5.13 Å². The van der Waals surface area contributed by atoms with Gasteiger partial charge in [-0.2, -0.15) is 0 Å². The van der Waals surface area contributed by atoms with Gasteiger partial charge in [-0.1, -0.05) is 46.7 Å². The Morgan fingerprint density at radius 1 is 1.22 bits per heavy atom. The second-order valence-electron chi connectivity index (χ2n) is 5.53. The third-order valence-electron chi connectivity index (χ3n) is 4.01. The quantitative estimate of drug-likeness (QED) is 0.598. The van der Waals surface area contributed by atoms with Crippen LogP contribution < -0.4 is 4.90 Å². The molecule has 1 aliphatic rings. The largest absolute Gasteiger partial charge is 0.503 e. The second-order valence-corrected chi connectivity index (χ2v) is 8.14. The lowest BCUT2D eigenvalue weighted by molar-refractivity contribution is -0.117. The van der Waals surface area contributed by atoms with Crippen molar-refractivity contribution in [2.75, 3.05) is 4.90 Å². The maximum Gasteiger partial charge on any atom is 0.296 e. The topological polar surface area (TPSA) is 83.4 Å². The van der Waals surface area contributed by atoms with E-state index in [1.165, 1.54) is 27.8 Å². The van der Waals surface area contributed by atoms with Gasteiger partial charge < -0.3 is 5.11 Å². The van der Waals surface area contributed by atoms with Gasteiger partial charge in [-0.25, -0.2) is 0 Å². The molecule has 0 saturated heterocycles. The minimum atomic E-state index is -0.940. The molecule has 3 aromatic rings. The fourth-order valence-electron chi connectivity index (χ4n) is 2.86. The monoisotopic (exact) mass is 437 g/mol. The van der Waals surface area contributed by atoms with E-state index in [0.29, 0.717) is 15.5 Å². The first kappa shape index (κ1) is 18.1. The van der Waals surface area contributed by atoms with Gasteiger partial charge in [0, 0.05) is 10.0 Å². The van der Waals surface area contributed by atoms with Gasteiger partial charge >= 0.3 is 0 Å². The minimum absolute atomic E-state index is 0.0538. The molecule has 4 rings (SSSR count). The van der Waals surface area contributed by atoms with Gasteiger partial charge in [0.1, 0.15) is 5.51 Å². The lowest BCUT2D eigenvalue weighted by Gasteiger charge is -2.24. The summed E-state index contributed by atoms with van der Waals surface area (Å²) in [7, 11) is 0. The first-order valence-corrected chi connectivity index (χ1v) is 10.1. The Balaban J connectivity index is 1.92. The third-order valence-corrected chi connectivity index (χ3v) is 6.13. The highest BCUT2D eigenvalue weighted by atomic mass is 35.5. The number of carbonyl (C=O) groups excluding carboxylic acids is 2. The standard InChI is InChI=1S/C17H9Cl2N3O3S2/c18-8-3-4-9(10(19)6-8)13-12(14(23)11-2-1-5-26-11)15(24)16(25)22(13)17-21-20-7-27-17/h1-7,13,24H. The van der Waals surface area contributed by atoms with Crippen LogP contribution >= 0.6 is 45.9 Å². The Kier molecular flexibility index (Phi) is 4.73. The van der Waals surface area contributed by atoms with E-state index < -0.39 is 23.5 Å². The van der Waals surface area contributed by atoms with Crippen molar-refractivity contribution in [3.05, 3.63) is 73.0 Å². The fourth-order valence-corrected chi connectivity index (χ4v) is 4.64. The summed E-state index contributed by atoms with van der Waals surface area (Å²) in [5.41, 5.74) is 1.86. The second kappa shape index (κ2) is 7.05. The SMILES string of the molecule is O=C(C1=C(O)C(=O)N(c2nncs2)C1c1ccc(Cl)cc1Cl)c1cccs1. The average molecular weight is 438 g/mol. The zero-order valence-corrected chi connectivity index (χ0v) is 16.4. The summed E-state index contributed by atoms with van der Waals surface area (Å²) < 4.78 is 0. The molecule has 0 bridgehead atoms. The zero-order chi connectivity index (χ0) is 19.1. The number of aliphatic hydroxyl groups is 1. The van der Waals surface area contributed by atoms with Crippen LogP contribution in [0.2, 0.25) is 10.0 Å². The molecule has 10 heteroatoms. The number of hydrogen-bond donors (Lipinski definition) is 1. The van der Waals surface area contributed by atoms with Crippen LogP contribution in [0.5, 0.6) is 0 Å². The molecular weight excluding hydrogens is 429 g/mol. The van der Waals surface area contributed by atoms with Gasteiger partial charge in [-0.05, 0) is 29.1 Å². The summed E-state index contributed by atoms with van der Waals surface area (Å²) in [4.78, 5) is 27.5. The fraction of sp³-hybridized carbons (Fsp3) is 0.0588. The van der Waals surface area contributed by atoms with Gasteiger partial charge in [-0.3, -0.25) is 14.5 Å². The van der Waals surface area contributed by atoms with E-state index in [2.05, 4.69) is 10.2 Å². The molecule has 6 nitrogen and oxygen atoms in total. The van der Waals surface area contributed by atoms with Crippen molar-refractivity contribution in [2.24, 2.45) is 0 Å². The van der Waals surface area contributed by atoms with Gasteiger partial charge in [0.15, 0.2) is 5.76 Å². The molecule has 0 saturated carbocycles. The maximum absolute atomic E-state index is 13.1. The molecule has 0 spiro atoms. The van der Waals surface area contributed by atoms with Gasteiger partial charge in [0.05, 0.1) is 16.5 Å². The molecule has 1 unspecified atom stereocenters. The Labute approximate surface area is 171 Å². The highest BCUT2D eigenvalue weighted by Gasteiger charge is 2.46. The lowest BCUT2D eigenvalue weighted by Crippen LogP contribution is -2.31. The highest BCUT2D eigenvalue weighted by molar-refractivity contribution is 7.13. The first-order chi connectivity index (χ1) is 13.0. The van der Waals surface area contributed by atoms with E-state index in [9.17, 15) is 14.7 Å². The van der Waals surface area contributed by atoms with Crippen LogP contribution in [0.1, 0.15) is 21.3 Å². The van der Waals surface area contributed by atoms with Crippen LogP contribution in [0.25, 0.3) is 0 Å². The lowest BCUT2D eigenvalue weighted by atomic mass is 9.95. The van der Waals surface area contributed by atoms with Gasteiger partial charge in [0.2, 0.25) is 10.9 Å². The van der Waals surface area contributed by atoms with Crippen molar-refractivity contribution >= 4 is 62.7 Å². The molecule has 3 heterocycles. The van der Waals surface area contributed by atoms with E-state index in [1.54, 1.807) is 29.6 Å². The summed E-state index contributed by atoms with van der Waals surface area (Å²) in [6, 6.07) is 7.16. The predicted molar refractivity (Wildman–Crippen MR) is 105 cm³/mol. The summed E-state index contributed by atoms with van der Waals surface area (Å²) in [6.45, 7) is 0. The van der Waals surface area contributed by atoms with Crippen molar-refractivity contribution in [1.82, 2.24) is 10.2 Å². The Bertz CT molecular complexity index is 1070. The number of benzene rings is 1. The molecule has 1 aromatic carbocycles. The minimum Gasteiger partial charge on any atom is -0.503 e. The van der Waals surface area contributed by atoms with E-state index in [-0.39, 0.29) is 15.7 Å². The van der Waals surface area contributed by atoms with Crippen LogP contribution in [-0.4, -0.2) is 27.0 Å². The molecule has 1 N–H and O–H groups in total. The number of anilines is 1.